The van der Waals surface area contributed by atoms with Crippen molar-refractivity contribution >= 4 is 16.8 Å². The van der Waals surface area contributed by atoms with E-state index in [0.29, 0.717) is 5.92 Å². The number of carbonyl (C=O) groups excluding carboxylic acids is 1. The molecule has 0 aliphatic carbocycles. The lowest BCUT2D eigenvalue weighted by Gasteiger charge is -2.23. The van der Waals surface area contributed by atoms with Gasteiger partial charge in [0.25, 0.3) is 5.91 Å². The average molecular weight is 445 g/mol. The zero-order valence-corrected chi connectivity index (χ0v) is 18.1. The number of aromatic amines is 1. The van der Waals surface area contributed by atoms with Gasteiger partial charge in [0, 0.05) is 22.7 Å². The maximum Gasteiger partial charge on any atom is 0.405 e. The summed E-state index contributed by atoms with van der Waals surface area (Å²) in [5, 5.41) is 6.43. The Hall–Kier alpha value is -2.87. The third-order valence-corrected chi connectivity index (χ3v) is 5.98. The molecule has 170 valence electrons. The van der Waals surface area contributed by atoms with E-state index in [1.807, 2.05) is 5.32 Å². The number of pyridine rings is 1. The number of nitrogens with zero attached hydrogens (tertiary/aromatic N) is 1. The molecule has 0 spiro atoms. The van der Waals surface area contributed by atoms with E-state index in [2.05, 4.69) is 47.3 Å². The van der Waals surface area contributed by atoms with Gasteiger partial charge in [-0.25, -0.2) is 0 Å². The van der Waals surface area contributed by atoms with E-state index in [4.69, 9.17) is 0 Å². The smallest absolute Gasteiger partial charge is 0.354 e. The molecule has 0 saturated carbocycles. The van der Waals surface area contributed by atoms with Crippen molar-refractivity contribution in [2.45, 2.75) is 44.7 Å². The van der Waals surface area contributed by atoms with Crippen molar-refractivity contribution < 1.29 is 18.0 Å². The number of rotatable bonds is 5. The van der Waals surface area contributed by atoms with Gasteiger partial charge in [-0.1, -0.05) is 19.9 Å². The predicted molar refractivity (Wildman–Crippen MR) is 119 cm³/mol. The lowest BCUT2D eigenvalue weighted by Crippen LogP contribution is -2.34. The number of benzene rings is 1. The first-order valence-corrected chi connectivity index (χ1v) is 10.9. The van der Waals surface area contributed by atoms with Crippen LogP contribution in [0, 0.1) is 0 Å². The summed E-state index contributed by atoms with van der Waals surface area (Å²) in [5.74, 6) is -0.110. The Balaban J connectivity index is 1.71. The van der Waals surface area contributed by atoms with Crippen LogP contribution in [0.4, 0.5) is 13.2 Å². The van der Waals surface area contributed by atoms with E-state index >= 15 is 0 Å². The molecule has 3 heterocycles. The van der Waals surface area contributed by atoms with E-state index in [0.717, 1.165) is 53.7 Å². The molecule has 1 saturated heterocycles. The quantitative estimate of drug-likeness (QED) is 0.512. The molecule has 2 aromatic heterocycles. The Morgan fingerprint density at radius 2 is 1.94 bits per heavy atom. The van der Waals surface area contributed by atoms with Gasteiger partial charge in [0.2, 0.25) is 0 Å². The Morgan fingerprint density at radius 1 is 1.19 bits per heavy atom. The highest BCUT2D eigenvalue weighted by Gasteiger charge is 2.28. The minimum atomic E-state index is -4.47. The average Bonchev–Trinajstić information content (AvgIpc) is 3.17. The van der Waals surface area contributed by atoms with Gasteiger partial charge in [0.05, 0.1) is 5.69 Å². The molecule has 5 nitrogen and oxygen atoms in total. The summed E-state index contributed by atoms with van der Waals surface area (Å²) >= 11 is 0. The highest BCUT2D eigenvalue weighted by Crippen LogP contribution is 2.38. The second kappa shape index (κ2) is 8.94. The first-order valence-electron chi connectivity index (χ1n) is 10.9. The number of nitrogens with one attached hydrogen (secondary N) is 3. The van der Waals surface area contributed by atoms with Crippen LogP contribution in [-0.2, 0) is 0 Å². The summed E-state index contributed by atoms with van der Waals surface area (Å²) in [6.07, 6.45) is -0.795. The fraction of sp³-hybridized carbons (Fsp3) is 0.417. The first-order chi connectivity index (χ1) is 15.2. The van der Waals surface area contributed by atoms with Crippen molar-refractivity contribution in [1.82, 2.24) is 20.6 Å². The number of piperidine rings is 1. The Morgan fingerprint density at radius 3 is 2.62 bits per heavy atom. The number of alkyl halides is 3. The number of amides is 1. The van der Waals surface area contributed by atoms with E-state index < -0.39 is 18.6 Å². The Bertz CT molecular complexity index is 1110. The minimum Gasteiger partial charge on any atom is -0.354 e. The van der Waals surface area contributed by atoms with Gasteiger partial charge < -0.3 is 15.6 Å². The fourth-order valence-electron chi connectivity index (χ4n) is 4.45. The SMILES string of the molecule is CC(C)c1c(-c2ccnc(C(=O)NCC(F)(F)F)c2)[nH]c2ccc(C3CCNCC3)cc12. The number of halogens is 3. The molecular weight excluding hydrogens is 417 g/mol. The number of fused-ring (bicyclic) bond motifs is 1. The van der Waals surface area contributed by atoms with Crippen molar-refractivity contribution in [3.05, 3.63) is 53.3 Å². The van der Waals surface area contributed by atoms with Crippen LogP contribution in [0.1, 0.15) is 60.1 Å². The normalized spacial score (nSPS) is 15.4. The number of H-pyrrole nitrogens is 1. The minimum absolute atomic E-state index is 0.0458. The molecule has 0 radical (unpaired) electrons. The van der Waals surface area contributed by atoms with E-state index in [1.54, 1.807) is 6.07 Å². The van der Waals surface area contributed by atoms with Gasteiger partial charge in [-0.15, -0.1) is 0 Å². The van der Waals surface area contributed by atoms with Crippen molar-refractivity contribution in [3.63, 3.8) is 0 Å². The third kappa shape index (κ3) is 4.80. The van der Waals surface area contributed by atoms with E-state index in [-0.39, 0.29) is 11.6 Å². The summed E-state index contributed by atoms with van der Waals surface area (Å²) < 4.78 is 37.4. The number of hydrogen-bond donors (Lipinski definition) is 3. The van der Waals surface area contributed by atoms with Crippen LogP contribution in [-0.4, -0.2) is 41.7 Å². The highest BCUT2D eigenvalue weighted by molar-refractivity contribution is 5.95. The molecule has 1 aliphatic rings. The lowest BCUT2D eigenvalue weighted by atomic mass is 9.88. The Kier molecular flexibility index (Phi) is 6.24. The second-order valence-electron chi connectivity index (χ2n) is 8.63. The number of hydrogen-bond acceptors (Lipinski definition) is 3. The maximum atomic E-state index is 12.5. The van der Waals surface area contributed by atoms with Gasteiger partial charge in [0.15, 0.2) is 0 Å². The largest absolute Gasteiger partial charge is 0.405 e. The van der Waals surface area contributed by atoms with Gasteiger partial charge in [0.1, 0.15) is 12.2 Å². The molecule has 1 fully saturated rings. The molecule has 0 unspecified atom stereocenters. The molecule has 0 atom stereocenters. The summed E-state index contributed by atoms with van der Waals surface area (Å²) in [5.41, 5.74) is 5.00. The van der Waals surface area contributed by atoms with Gasteiger partial charge >= 0.3 is 6.18 Å². The van der Waals surface area contributed by atoms with Crippen molar-refractivity contribution in [1.29, 1.82) is 0 Å². The molecule has 1 amide bonds. The van der Waals surface area contributed by atoms with E-state index in [9.17, 15) is 18.0 Å². The second-order valence-corrected chi connectivity index (χ2v) is 8.63. The van der Waals surface area contributed by atoms with Crippen LogP contribution < -0.4 is 10.6 Å². The van der Waals surface area contributed by atoms with E-state index in [1.165, 1.54) is 17.8 Å². The molecule has 8 heteroatoms. The molecular formula is C24H27F3N4O. The fourth-order valence-corrected chi connectivity index (χ4v) is 4.45. The van der Waals surface area contributed by atoms with Crippen LogP contribution >= 0.6 is 0 Å². The predicted octanol–water partition coefficient (Wildman–Crippen LogP) is 5.11. The molecule has 1 aromatic carbocycles. The van der Waals surface area contributed by atoms with Crippen molar-refractivity contribution in [3.8, 4) is 11.3 Å². The molecule has 32 heavy (non-hydrogen) atoms. The molecule has 0 bridgehead atoms. The van der Waals surface area contributed by atoms with Crippen molar-refractivity contribution in [2.24, 2.45) is 0 Å². The number of aromatic nitrogens is 2. The van der Waals surface area contributed by atoms with Gasteiger partial charge in [-0.3, -0.25) is 9.78 Å². The van der Waals surface area contributed by atoms with Crippen LogP contribution in [0.3, 0.4) is 0 Å². The summed E-state index contributed by atoms with van der Waals surface area (Å²) in [6, 6.07) is 9.84. The van der Waals surface area contributed by atoms with Gasteiger partial charge in [-0.05, 0) is 73.2 Å². The maximum absolute atomic E-state index is 12.5. The lowest BCUT2D eigenvalue weighted by molar-refractivity contribution is -0.123. The highest BCUT2D eigenvalue weighted by atomic mass is 19.4. The van der Waals surface area contributed by atoms with Crippen LogP contribution in [0.5, 0.6) is 0 Å². The zero-order chi connectivity index (χ0) is 22.9. The van der Waals surface area contributed by atoms with Crippen molar-refractivity contribution in [2.75, 3.05) is 19.6 Å². The topological polar surface area (TPSA) is 69.8 Å². The Labute approximate surface area is 184 Å². The monoisotopic (exact) mass is 444 g/mol. The van der Waals surface area contributed by atoms with Gasteiger partial charge in [-0.2, -0.15) is 13.2 Å². The zero-order valence-electron chi connectivity index (χ0n) is 18.1. The summed E-state index contributed by atoms with van der Waals surface area (Å²) in [7, 11) is 0. The molecule has 3 aromatic rings. The van der Waals surface area contributed by atoms with Crippen LogP contribution in [0.25, 0.3) is 22.2 Å². The number of carbonyl (C=O) groups is 1. The molecule has 4 rings (SSSR count). The van der Waals surface area contributed by atoms with Crippen LogP contribution in [0.15, 0.2) is 36.5 Å². The third-order valence-electron chi connectivity index (χ3n) is 5.98. The molecule has 3 N–H and O–H groups in total. The first kappa shape index (κ1) is 22.3. The summed E-state index contributed by atoms with van der Waals surface area (Å²) in [4.78, 5) is 19.6. The summed E-state index contributed by atoms with van der Waals surface area (Å²) in [6.45, 7) is 4.88. The molecule has 1 aliphatic heterocycles. The van der Waals surface area contributed by atoms with Crippen LogP contribution in [0.2, 0.25) is 0 Å². The standard InChI is InChI=1S/C24H27F3N4O/c1-14(2)21-18-11-16(15-5-8-28-9-6-15)3-4-19(18)31-22(21)17-7-10-29-20(12-17)23(32)30-13-24(25,26)27/h3-4,7,10-12,14-15,28,31H,5-6,8-9,13H2,1-2H3,(H,30,32).